The van der Waals surface area contributed by atoms with Gasteiger partial charge in [-0.15, -0.1) is 0 Å². The highest BCUT2D eigenvalue weighted by Crippen LogP contribution is 2.17. The second kappa shape index (κ2) is 6.90. The number of nitrogens with zero attached hydrogens (tertiary/aromatic N) is 1. The number of hydrogen-bond donors (Lipinski definition) is 2. The van der Waals surface area contributed by atoms with E-state index in [4.69, 9.17) is 4.74 Å². The molecule has 0 aliphatic carbocycles. The number of hydrogen-bond acceptors (Lipinski definition) is 6. The predicted octanol–water partition coefficient (Wildman–Crippen LogP) is 0.119. The molecule has 1 aliphatic rings. The van der Waals surface area contributed by atoms with Gasteiger partial charge < -0.3 is 19.9 Å². The van der Waals surface area contributed by atoms with Crippen molar-refractivity contribution in [2.75, 3.05) is 26.7 Å². The van der Waals surface area contributed by atoms with Crippen LogP contribution in [0.2, 0.25) is 0 Å². The van der Waals surface area contributed by atoms with Gasteiger partial charge in [-0.3, -0.25) is 9.69 Å². The van der Waals surface area contributed by atoms with Gasteiger partial charge in [0.25, 0.3) is 0 Å². The van der Waals surface area contributed by atoms with Crippen molar-refractivity contribution in [3.05, 3.63) is 0 Å². The summed E-state index contributed by atoms with van der Waals surface area (Å²) in [5, 5.41) is 12.3. The Morgan fingerprint density at radius 2 is 2.05 bits per heavy atom. The predicted molar refractivity (Wildman–Crippen MR) is 72.2 cm³/mol. The fourth-order valence-electron chi connectivity index (χ4n) is 2.11. The number of likely N-dealkylation sites (tertiary alicyclic amines) is 1. The second-order valence-electron chi connectivity index (χ2n) is 5.93. The number of aliphatic hydroxyl groups is 1. The second-order valence-corrected chi connectivity index (χ2v) is 5.93. The lowest BCUT2D eigenvalue weighted by Gasteiger charge is -2.24. The van der Waals surface area contributed by atoms with Crippen molar-refractivity contribution in [2.24, 2.45) is 0 Å². The highest BCUT2D eigenvalue weighted by atomic mass is 16.6. The van der Waals surface area contributed by atoms with Gasteiger partial charge in [0.15, 0.2) is 0 Å². The van der Waals surface area contributed by atoms with Gasteiger partial charge in [-0.1, -0.05) is 0 Å². The number of methoxy groups -OCH3 is 1. The van der Waals surface area contributed by atoms with E-state index in [2.05, 4.69) is 10.1 Å². The van der Waals surface area contributed by atoms with Gasteiger partial charge in [0.05, 0.1) is 19.8 Å². The first-order valence-corrected chi connectivity index (χ1v) is 6.67. The molecule has 1 heterocycles. The Labute approximate surface area is 119 Å². The van der Waals surface area contributed by atoms with Gasteiger partial charge in [0.1, 0.15) is 5.60 Å². The van der Waals surface area contributed by atoms with Crippen LogP contribution in [0.4, 0.5) is 4.79 Å². The van der Waals surface area contributed by atoms with Crippen molar-refractivity contribution in [2.45, 2.75) is 44.9 Å². The third-order valence-corrected chi connectivity index (χ3v) is 2.95. The number of β-amino-alcohol motifs (C(OH)–C–C–N with tert-alkyl or cyclic N) is 1. The van der Waals surface area contributed by atoms with E-state index in [1.807, 2.05) is 0 Å². The van der Waals surface area contributed by atoms with Crippen LogP contribution in [0.1, 0.15) is 27.2 Å². The molecule has 1 saturated heterocycles. The minimum atomic E-state index is -0.551. The number of ether oxygens (including phenoxy) is 2. The fraction of sp³-hybridized carbons (Fsp3) is 0.846. The molecule has 0 aromatic carbocycles. The average Bonchev–Trinajstić information content (AvgIpc) is 2.64. The lowest BCUT2D eigenvalue weighted by atomic mass is 10.2. The smallest absolute Gasteiger partial charge is 0.407 e. The maximum absolute atomic E-state index is 11.6. The first-order chi connectivity index (χ1) is 9.21. The van der Waals surface area contributed by atoms with E-state index >= 15 is 0 Å². The molecule has 0 radical (unpaired) electrons. The average molecular weight is 288 g/mol. The molecule has 1 aliphatic heterocycles. The zero-order valence-electron chi connectivity index (χ0n) is 12.5. The summed E-state index contributed by atoms with van der Waals surface area (Å²) in [6.45, 7) is 6.19. The number of alkyl carbamates (subject to hydrolysis) is 1. The van der Waals surface area contributed by atoms with E-state index in [1.54, 1.807) is 25.7 Å². The molecule has 0 aromatic rings. The Morgan fingerprint density at radius 3 is 2.60 bits per heavy atom. The van der Waals surface area contributed by atoms with E-state index in [-0.39, 0.29) is 18.6 Å². The molecule has 2 N–H and O–H groups in total. The molecule has 116 valence electrons. The normalized spacial score (nSPS) is 23.4. The topological polar surface area (TPSA) is 88.1 Å². The van der Waals surface area contributed by atoms with Crippen molar-refractivity contribution < 1.29 is 24.2 Å². The first kappa shape index (κ1) is 16.7. The lowest BCUT2D eigenvalue weighted by Crippen LogP contribution is -2.43. The molecule has 7 nitrogen and oxygen atoms in total. The van der Waals surface area contributed by atoms with Crippen LogP contribution >= 0.6 is 0 Å². The summed E-state index contributed by atoms with van der Waals surface area (Å²) in [5.74, 6) is -0.360. The van der Waals surface area contributed by atoms with E-state index in [0.717, 1.165) is 0 Å². The number of carbonyl (C=O) groups excluding carboxylic acids is 2. The number of esters is 1. The Hall–Kier alpha value is -1.34. The molecule has 1 rings (SSSR count). The van der Waals surface area contributed by atoms with Gasteiger partial charge in [0.2, 0.25) is 0 Å². The quantitative estimate of drug-likeness (QED) is 0.714. The zero-order chi connectivity index (χ0) is 15.3. The molecule has 0 spiro atoms. The van der Waals surface area contributed by atoms with Crippen molar-refractivity contribution in [1.29, 1.82) is 0 Å². The Balaban J connectivity index is 2.44. The summed E-state index contributed by atoms with van der Waals surface area (Å²) >= 11 is 0. The van der Waals surface area contributed by atoms with Crippen molar-refractivity contribution in [3.8, 4) is 0 Å². The van der Waals surface area contributed by atoms with Gasteiger partial charge in [-0.05, 0) is 27.2 Å². The third kappa shape index (κ3) is 5.75. The Morgan fingerprint density at radius 1 is 1.40 bits per heavy atom. The summed E-state index contributed by atoms with van der Waals surface area (Å²) < 4.78 is 9.75. The molecule has 1 fully saturated rings. The molecule has 0 unspecified atom stereocenters. The van der Waals surface area contributed by atoms with E-state index in [1.165, 1.54) is 7.11 Å². The standard InChI is InChI=1S/C13H24N2O5/c1-13(2,3)20-12(18)14-6-9-5-10(16)7-15(9)8-11(17)19-4/h9-10,16H,5-8H2,1-4H3,(H,14,18)/t9-,10-/m1/s1. The highest BCUT2D eigenvalue weighted by molar-refractivity contribution is 5.71. The van der Waals surface area contributed by atoms with Crippen LogP contribution in [0.3, 0.4) is 0 Å². The molecule has 0 saturated carbocycles. The Kier molecular flexibility index (Phi) is 5.76. The van der Waals surface area contributed by atoms with Crippen LogP contribution in [-0.4, -0.2) is 66.6 Å². The van der Waals surface area contributed by atoms with Crippen LogP contribution in [0.5, 0.6) is 0 Å². The number of carbonyl (C=O) groups is 2. The molecule has 20 heavy (non-hydrogen) atoms. The molecular weight excluding hydrogens is 264 g/mol. The minimum Gasteiger partial charge on any atom is -0.468 e. The largest absolute Gasteiger partial charge is 0.468 e. The van der Waals surface area contributed by atoms with E-state index < -0.39 is 17.8 Å². The van der Waals surface area contributed by atoms with Gasteiger partial charge in [-0.25, -0.2) is 4.79 Å². The SMILES string of the molecule is COC(=O)CN1C[C@H](O)C[C@@H]1CNC(=O)OC(C)(C)C. The zero-order valence-corrected chi connectivity index (χ0v) is 12.5. The lowest BCUT2D eigenvalue weighted by molar-refractivity contribution is -0.142. The monoisotopic (exact) mass is 288 g/mol. The first-order valence-electron chi connectivity index (χ1n) is 6.67. The van der Waals surface area contributed by atoms with Gasteiger partial charge >= 0.3 is 12.1 Å². The van der Waals surface area contributed by atoms with Crippen molar-refractivity contribution >= 4 is 12.1 Å². The minimum absolute atomic E-state index is 0.100. The Bertz CT molecular complexity index is 353. The van der Waals surface area contributed by atoms with Gasteiger partial charge in [-0.2, -0.15) is 0 Å². The van der Waals surface area contributed by atoms with E-state index in [9.17, 15) is 14.7 Å². The molecule has 0 bridgehead atoms. The van der Waals surface area contributed by atoms with Crippen LogP contribution in [0.25, 0.3) is 0 Å². The fourth-order valence-corrected chi connectivity index (χ4v) is 2.11. The summed E-state index contributed by atoms with van der Waals surface area (Å²) in [6, 6.07) is -0.100. The number of nitrogens with one attached hydrogen (secondary N) is 1. The van der Waals surface area contributed by atoms with E-state index in [0.29, 0.717) is 19.5 Å². The van der Waals surface area contributed by atoms with Gasteiger partial charge in [0, 0.05) is 19.1 Å². The van der Waals surface area contributed by atoms with Crippen LogP contribution in [0.15, 0.2) is 0 Å². The summed E-state index contributed by atoms with van der Waals surface area (Å²) in [6.07, 6.45) is -0.491. The maximum atomic E-state index is 11.6. The van der Waals surface area contributed by atoms with Crippen LogP contribution in [-0.2, 0) is 14.3 Å². The summed E-state index contributed by atoms with van der Waals surface area (Å²) in [4.78, 5) is 24.7. The van der Waals surface area contributed by atoms with Crippen LogP contribution < -0.4 is 5.32 Å². The molecule has 2 atom stereocenters. The maximum Gasteiger partial charge on any atom is 0.407 e. The third-order valence-electron chi connectivity index (χ3n) is 2.95. The number of rotatable bonds is 4. The van der Waals surface area contributed by atoms with Crippen molar-refractivity contribution in [1.82, 2.24) is 10.2 Å². The molecule has 0 aromatic heterocycles. The van der Waals surface area contributed by atoms with Crippen LogP contribution in [0, 0.1) is 0 Å². The molecule has 1 amide bonds. The highest BCUT2D eigenvalue weighted by Gasteiger charge is 2.32. The summed E-state index contributed by atoms with van der Waals surface area (Å²) in [5.41, 5.74) is -0.551. The summed E-state index contributed by atoms with van der Waals surface area (Å²) in [7, 11) is 1.32. The number of aliphatic hydroxyl groups excluding tert-OH is 1. The molecular formula is C13H24N2O5. The van der Waals surface area contributed by atoms with Crippen molar-refractivity contribution in [3.63, 3.8) is 0 Å². The molecule has 7 heteroatoms. The number of amides is 1.